The number of aromatic hydroxyl groups is 1. The molecule has 124 valence electrons. The zero-order valence-corrected chi connectivity index (χ0v) is 14.7. The molecule has 0 spiro atoms. The molecule has 0 aliphatic carbocycles. The average Bonchev–Trinajstić information content (AvgIpc) is 3.02. The summed E-state index contributed by atoms with van der Waals surface area (Å²) in [6.07, 6.45) is 0. The molecule has 3 rings (SSSR count). The highest BCUT2D eigenvalue weighted by Gasteiger charge is 2.21. The summed E-state index contributed by atoms with van der Waals surface area (Å²) in [7, 11) is 0. The lowest BCUT2D eigenvalue weighted by atomic mass is 10.1. The molecule has 0 aliphatic heterocycles. The summed E-state index contributed by atoms with van der Waals surface area (Å²) in [6.45, 7) is 5.69. The van der Waals surface area contributed by atoms with E-state index in [2.05, 4.69) is 9.97 Å². The van der Waals surface area contributed by atoms with E-state index in [1.807, 2.05) is 20.8 Å². The van der Waals surface area contributed by atoms with Gasteiger partial charge in [-0.3, -0.25) is 0 Å². The van der Waals surface area contributed by atoms with Crippen molar-refractivity contribution in [3.05, 3.63) is 39.1 Å². The zero-order valence-electron chi connectivity index (χ0n) is 13.0. The van der Waals surface area contributed by atoms with Crippen LogP contribution in [0.4, 0.5) is 4.39 Å². The van der Waals surface area contributed by atoms with Crippen molar-refractivity contribution in [1.82, 2.24) is 9.97 Å². The highest BCUT2D eigenvalue weighted by atomic mass is 32.1. The van der Waals surface area contributed by atoms with E-state index in [9.17, 15) is 14.3 Å². The second kappa shape index (κ2) is 5.95. The van der Waals surface area contributed by atoms with Gasteiger partial charge in [-0.2, -0.15) is 0 Å². The third-order valence-corrected chi connectivity index (χ3v) is 5.55. The topological polar surface area (TPSA) is 83.3 Å². The van der Waals surface area contributed by atoms with Crippen molar-refractivity contribution in [1.29, 1.82) is 0 Å². The monoisotopic (exact) mass is 364 g/mol. The van der Waals surface area contributed by atoms with Gasteiger partial charge >= 0.3 is 5.97 Å². The Labute approximate surface area is 145 Å². The minimum absolute atomic E-state index is 0.0794. The number of halogens is 1. The lowest BCUT2D eigenvalue weighted by molar-refractivity contribution is 0.0693. The first-order chi connectivity index (χ1) is 11.3. The molecule has 5 nitrogen and oxygen atoms in total. The number of hydrogen-bond acceptors (Lipinski definition) is 6. The standard InChI is InChI=1S/C16H13FN2O3S2/c1-6-14(24-8(3)18-6)13-7(2)23-15(19-13)9-5-12(20)10(16(21)22)4-11(9)17/h4-5,20H,1-3H3,(H,21,22). The highest BCUT2D eigenvalue weighted by Crippen LogP contribution is 2.39. The molecular formula is C16H13FN2O3S2. The lowest BCUT2D eigenvalue weighted by Gasteiger charge is -2.04. The smallest absolute Gasteiger partial charge is 0.339 e. The maximum absolute atomic E-state index is 14.3. The van der Waals surface area contributed by atoms with Gasteiger partial charge in [0.15, 0.2) is 0 Å². The molecule has 0 atom stereocenters. The Morgan fingerprint density at radius 3 is 2.46 bits per heavy atom. The van der Waals surface area contributed by atoms with Crippen LogP contribution in [0.5, 0.6) is 5.75 Å². The molecule has 2 heterocycles. The summed E-state index contributed by atoms with van der Waals surface area (Å²) >= 11 is 2.80. The van der Waals surface area contributed by atoms with Crippen LogP contribution in [0, 0.1) is 26.6 Å². The van der Waals surface area contributed by atoms with Crippen molar-refractivity contribution in [3.63, 3.8) is 0 Å². The van der Waals surface area contributed by atoms with Crippen LogP contribution in [-0.2, 0) is 0 Å². The fourth-order valence-corrected chi connectivity index (χ4v) is 4.34. The molecule has 8 heteroatoms. The van der Waals surface area contributed by atoms with Crippen LogP contribution in [0.2, 0.25) is 0 Å². The van der Waals surface area contributed by atoms with Crippen LogP contribution in [0.25, 0.3) is 21.1 Å². The summed E-state index contributed by atoms with van der Waals surface area (Å²) in [5.74, 6) is -2.61. The van der Waals surface area contributed by atoms with Gasteiger partial charge in [0.25, 0.3) is 0 Å². The summed E-state index contributed by atoms with van der Waals surface area (Å²) in [5, 5.41) is 20.1. The predicted octanol–water partition coefficient (Wildman–Crippen LogP) is 4.40. The number of thiazole rings is 2. The number of nitrogens with zero attached hydrogens (tertiary/aromatic N) is 2. The van der Waals surface area contributed by atoms with E-state index in [0.29, 0.717) is 5.01 Å². The third-order valence-electron chi connectivity index (χ3n) is 3.46. The largest absolute Gasteiger partial charge is 0.507 e. The molecule has 0 fully saturated rings. The SMILES string of the molecule is Cc1nc(C)c(-c2nc(-c3cc(O)c(C(=O)O)cc3F)sc2C)s1. The van der Waals surface area contributed by atoms with Crippen LogP contribution in [0.3, 0.4) is 0 Å². The molecule has 0 saturated carbocycles. The number of carbonyl (C=O) groups is 1. The number of benzene rings is 1. The van der Waals surface area contributed by atoms with E-state index in [1.165, 1.54) is 22.7 Å². The van der Waals surface area contributed by atoms with Gasteiger partial charge in [0.1, 0.15) is 22.1 Å². The van der Waals surface area contributed by atoms with Crippen LogP contribution < -0.4 is 0 Å². The molecule has 0 amide bonds. The average molecular weight is 364 g/mol. The van der Waals surface area contributed by atoms with E-state index in [4.69, 9.17) is 5.11 Å². The van der Waals surface area contributed by atoms with Gasteiger partial charge in [-0.05, 0) is 32.9 Å². The zero-order chi connectivity index (χ0) is 17.6. The molecule has 1 aromatic carbocycles. The molecule has 0 saturated heterocycles. The number of carboxylic acid groups (broad SMARTS) is 1. The van der Waals surface area contributed by atoms with Gasteiger partial charge in [-0.1, -0.05) is 0 Å². The van der Waals surface area contributed by atoms with E-state index in [1.54, 1.807) is 0 Å². The van der Waals surface area contributed by atoms with Crippen LogP contribution in [-0.4, -0.2) is 26.2 Å². The Balaban J connectivity index is 2.12. The lowest BCUT2D eigenvalue weighted by Crippen LogP contribution is -1.98. The number of carboxylic acids is 1. The highest BCUT2D eigenvalue weighted by molar-refractivity contribution is 7.17. The Bertz CT molecular complexity index is 963. The minimum Gasteiger partial charge on any atom is -0.507 e. The van der Waals surface area contributed by atoms with Gasteiger partial charge in [0, 0.05) is 10.4 Å². The van der Waals surface area contributed by atoms with Gasteiger partial charge < -0.3 is 10.2 Å². The van der Waals surface area contributed by atoms with Gasteiger partial charge in [0.05, 0.1) is 21.3 Å². The van der Waals surface area contributed by atoms with Crippen molar-refractivity contribution in [2.45, 2.75) is 20.8 Å². The molecule has 0 aliphatic rings. The summed E-state index contributed by atoms with van der Waals surface area (Å²) in [6, 6.07) is 1.91. The van der Waals surface area contributed by atoms with Crippen molar-refractivity contribution in [2.24, 2.45) is 0 Å². The second-order valence-electron chi connectivity index (χ2n) is 5.23. The summed E-state index contributed by atoms with van der Waals surface area (Å²) in [5.41, 5.74) is 1.20. The quantitative estimate of drug-likeness (QED) is 0.720. The maximum atomic E-state index is 14.3. The molecule has 3 aromatic rings. The van der Waals surface area contributed by atoms with Crippen LogP contribution in [0.1, 0.15) is 25.9 Å². The number of rotatable bonds is 3. The number of aromatic carboxylic acids is 1. The number of hydrogen-bond donors (Lipinski definition) is 2. The maximum Gasteiger partial charge on any atom is 0.339 e. The molecule has 2 aromatic heterocycles. The number of aryl methyl sites for hydroxylation is 3. The van der Waals surface area contributed by atoms with Crippen molar-refractivity contribution in [2.75, 3.05) is 0 Å². The van der Waals surface area contributed by atoms with Crippen molar-refractivity contribution >= 4 is 28.6 Å². The van der Waals surface area contributed by atoms with Gasteiger partial charge in [0.2, 0.25) is 0 Å². The van der Waals surface area contributed by atoms with Crippen LogP contribution >= 0.6 is 22.7 Å². The predicted molar refractivity (Wildman–Crippen MR) is 91.5 cm³/mol. The van der Waals surface area contributed by atoms with Crippen molar-refractivity contribution in [3.8, 4) is 26.9 Å². The molecule has 0 radical (unpaired) electrons. The molecule has 2 N–H and O–H groups in total. The van der Waals surface area contributed by atoms with Gasteiger partial charge in [-0.25, -0.2) is 19.2 Å². The molecule has 0 unspecified atom stereocenters. The third kappa shape index (κ3) is 2.78. The van der Waals surface area contributed by atoms with E-state index >= 15 is 0 Å². The Morgan fingerprint density at radius 1 is 1.17 bits per heavy atom. The van der Waals surface area contributed by atoms with Crippen LogP contribution in [0.15, 0.2) is 12.1 Å². The first kappa shape index (κ1) is 16.5. The Kier molecular flexibility index (Phi) is 4.10. The molecule has 24 heavy (non-hydrogen) atoms. The number of aromatic nitrogens is 2. The van der Waals surface area contributed by atoms with Gasteiger partial charge in [-0.15, -0.1) is 22.7 Å². The summed E-state index contributed by atoms with van der Waals surface area (Å²) < 4.78 is 14.3. The summed E-state index contributed by atoms with van der Waals surface area (Å²) in [4.78, 5) is 21.7. The fourth-order valence-electron chi connectivity index (χ4n) is 2.37. The molecule has 0 bridgehead atoms. The molecular weight excluding hydrogens is 351 g/mol. The van der Waals surface area contributed by atoms with E-state index in [-0.39, 0.29) is 5.56 Å². The minimum atomic E-state index is -1.38. The Morgan fingerprint density at radius 2 is 1.88 bits per heavy atom. The number of phenols is 1. The normalized spacial score (nSPS) is 11.0. The van der Waals surface area contributed by atoms with E-state index < -0.39 is 23.1 Å². The first-order valence-corrected chi connectivity index (χ1v) is 8.59. The second-order valence-corrected chi connectivity index (χ2v) is 7.63. The first-order valence-electron chi connectivity index (χ1n) is 6.96. The van der Waals surface area contributed by atoms with E-state index in [0.717, 1.165) is 38.3 Å². The fraction of sp³-hybridized carbons (Fsp3) is 0.188. The van der Waals surface area contributed by atoms with Crippen molar-refractivity contribution < 1.29 is 19.4 Å². The Hall–Kier alpha value is -2.32.